The van der Waals surface area contributed by atoms with E-state index in [9.17, 15) is 9.90 Å². The van der Waals surface area contributed by atoms with E-state index < -0.39 is 14.2 Å². The van der Waals surface area contributed by atoms with Gasteiger partial charge in [-0.1, -0.05) is 87.5 Å². The first-order valence-corrected chi connectivity index (χ1v) is 13.0. The fraction of sp³-hybridized carbons (Fsp3) is 0.296. The summed E-state index contributed by atoms with van der Waals surface area (Å²) in [6.07, 6.45) is -0.498. The van der Waals surface area contributed by atoms with E-state index in [0.29, 0.717) is 11.5 Å². The van der Waals surface area contributed by atoms with E-state index in [1.54, 1.807) is 27.3 Å². The Labute approximate surface area is 197 Å². The van der Waals surface area contributed by atoms with Crippen LogP contribution in [0.2, 0.25) is 5.04 Å². The Morgan fingerprint density at radius 3 is 1.82 bits per heavy atom. The Hall–Kier alpha value is -3.09. The van der Waals surface area contributed by atoms with Crippen molar-refractivity contribution in [3.63, 3.8) is 0 Å². The number of hydrogen-bond donors (Lipinski definition) is 1. The minimum atomic E-state index is -2.92. The molecule has 0 fully saturated rings. The molecule has 0 saturated heterocycles. The van der Waals surface area contributed by atoms with Gasteiger partial charge in [-0.3, -0.25) is 0 Å². The number of amides is 1. The third kappa shape index (κ3) is 4.41. The summed E-state index contributed by atoms with van der Waals surface area (Å²) in [4.78, 5) is 14.2. The minimum Gasteiger partial charge on any atom is -0.493 e. The maximum atomic E-state index is 12.8. The van der Waals surface area contributed by atoms with Crippen LogP contribution < -0.4 is 25.0 Å². The van der Waals surface area contributed by atoms with Gasteiger partial charge in [0.25, 0.3) is 0 Å². The molecule has 0 unspecified atom stereocenters. The molecule has 3 aromatic carbocycles. The molecule has 0 aromatic heterocycles. The van der Waals surface area contributed by atoms with Crippen molar-refractivity contribution >= 4 is 29.7 Å². The van der Waals surface area contributed by atoms with E-state index in [0.717, 1.165) is 21.1 Å². The number of ether oxygens (including phenoxy) is 2. The molecule has 1 amide bonds. The Morgan fingerprint density at radius 2 is 1.42 bits per heavy atom. The molecular formula is C27H33NO4Si. The van der Waals surface area contributed by atoms with Gasteiger partial charge in [-0.15, -0.1) is 0 Å². The average molecular weight is 464 g/mol. The molecule has 1 N–H and O–H groups in total. The van der Waals surface area contributed by atoms with Gasteiger partial charge in [0, 0.05) is 19.3 Å². The van der Waals surface area contributed by atoms with Crippen molar-refractivity contribution in [1.82, 2.24) is 4.90 Å². The Morgan fingerprint density at radius 1 is 0.909 bits per heavy atom. The first-order valence-electron chi connectivity index (χ1n) is 11.0. The van der Waals surface area contributed by atoms with Gasteiger partial charge in [0.15, 0.2) is 19.6 Å². The Balaban J connectivity index is 2.57. The highest BCUT2D eigenvalue weighted by Gasteiger charge is 2.52. The Bertz CT molecular complexity index is 1050. The SMILES string of the molecule is COc1ccc(CO)c([Si](c2ccccc2)(c2ccccc2)C(C)(C)C)c1OC(=O)N(C)C. The molecule has 33 heavy (non-hydrogen) atoms. The fourth-order valence-electron chi connectivity index (χ4n) is 4.66. The zero-order valence-corrected chi connectivity index (χ0v) is 21.3. The van der Waals surface area contributed by atoms with Gasteiger partial charge in [-0.05, 0) is 27.0 Å². The summed E-state index contributed by atoms with van der Waals surface area (Å²) < 4.78 is 11.7. The quantitative estimate of drug-likeness (QED) is 0.449. The van der Waals surface area contributed by atoms with Crippen molar-refractivity contribution in [3.8, 4) is 11.5 Å². The molecule has 174 valence electrons. The molecule has 6 heteroatoms. The number of hydrogen-bond acceptors (Lipinski definition) is 4. The van der Waals surface area contributed by atoms with Gasteiger partial charge in [0.2, 0.25) is 0 Å². The molecule has 5 nitrogen and oxygen atoms in total. The van der Waals surface area contributed by atoms with E-state index in [1.807, 2.05) is 42.5 Å². The third-order valence-electron chi connectivity index (χ3n) is 6.07. The molecule has 0 atom stereocenters. The molecule has 0 bridgehead atoms. The van der Waals surface area contributed by atoms with Crippen LogP contribution in [0.15, 0.2) is 72.8 Å². The number of nitrogens with zero attached hydrogens (tertiary/aromatic N) is 1. The predicted molar refractivity (Wildman–Crippen MR) is 136 cm³/mol. The summed E-state index contributed by atoms with van der Waals surface area (Å²) in [5.74, 6) is 0.836. The first kappa shape index (κ1) is 24.5. The number of rotatable bonds is 6. The second kappa shape index (κ2) is 9.81. The van der Waals surface area contributed by atoms with Gasteiger partial charge >= 0.3 is 6.09 Å². The maximum Gasteiger partial charge on any atom is 0.414 e. The number of aliphatic hydroxyl groups is 1. The molecule has 0 heterocycles. The summed E-state index contributed by atoms with van der Waals surface area (Å²) in [6.45, 7) is 6.47. The van der Waals surface area contributed by atoms with Crippen molar-refractivity contribution in [2.24, 2.45) is 0 Å². The minimum absolute atomic E-state index is 0.184. The van der Waals surface area contributed by atoms with Gasteiger partial charge in [-0.2, -0.15) is 0 Å². The normalized spacial score (nSPS) is 11.7. The monoisotopic (exact) mass is 463 g/mol. The van der Waals surface area contributed by atoms with E-state index >= 15 is 0 Å². The van der Waals surface area contributed by atoms with Gasteiger partial charge in [0.1, 0.15) is 0 Å². The van der Waals surface area contributed by atoms with Crippen LogP contribution in [0, 0.1) is 0 Å². The van der Waals surface area contributed by atoms with Crippen LogP contribution in [0.4, 0.5) is 4.79 Å². The highest BCUT2D eigenvalue weighted by Crippen LogP contribution is 2.40. The molecule has 0 aliphatic carbocycles. The average Bonchev–Trinajstić information content (AvgIpc) is 2.80. The van der Waals surface area contributed by atoms with Crippen LogP contribution in [-0.2, 0) is 6.61 Å². The van der Waals surface area contributed by atoms with Crippen LogP contribution in [0.25, 0.3) is 0 Å². The summed E-state index contributed by atoms with van der Waals surface area (Å²) in [6, 6.07) is 24.4. The largest absolute Gasteiger partial charge is 0.493 e. The summed E-state index contributed by atoms with van der Waals surface area (Å²) >= 11 is 0. The van der Waals surface area contributed by atoms with Crippen LogP contribution in [0.5, 0.6) is 11.5 Å². The molecule has 0 saturated carbocycles. The maximum absolute atomic E-state index is 12.8. The zero-order chi connectivity index (χ0) is 24.2. The van der Waals surface area contributed by atoms with Crippen LogP contribution in [-0.4, -0.2) is 45.4 Å². The molecule has 0 spiro atoms. The predicted octanol–water partition coefficient (Wildman–Crippen LogP) is 3.52. The lowest BCUT2D eigenvalue weighted by Gasteiger charge is -2.46. The van der Waals surface area contributed by atoms with Gasteiger partial charge in [0.05, 0.1) is 13.7 Å². The van der Waals surface area contributed by atoms with E-state index in [4.69, 9.17) is 9.47 Å². The van der Waals surface area contributed by atoms with Gasteiger partial charge in [-0.25, -0.2) is 4.79 Å². The van der Waals surface area contributed by atoms with E-state index in [1.165, 1.54) is 4.90 Å². The van der Waals surface area contributed by atoms with Crippen LogP contribution >= 0.6 is 0 Å². The lowest BCUT2D eigenvalue weighted by atomic mass is 10.2. The Kier molecular flexibility index (Phi) is 7.30. The van der Waals surface area contributed by atoms with Crippen molar-refractivity contribution in [2.45, 2.75) is 32.4 Å². The molecule has 3 aromatic rings. The summed E-state index contributed by atoms with van der Waals surface area (Å²) in [5, 5.41) is 13.4. The number of carbonyl (C=O) groups is 1. The molecule has 3 rings (SSSR count). The highest BCUT2D eigenvalue weighted by atomic mass is 28.3. The second-order valence-corrected chi connectivity index (χ2v) is 13.9. The first-order chi connectivity index (χ1) is 15.7. The number of benzene rings is 3. The molecule has 0 aliphatic rings. The standard InChI is InChI=1S/C27H33NO4Si/c1-27(2,3)33(21-13-9-7-10-14-21,22-15-11-8-12-16-22)25-20(19-29)17-18-23(31-6)24(25)32-26(30)28(4)5/h7-18,29H,19H2,1-6H3. The molecule has 0 aliphatic heterocycles. The number of carbonyl (C=O) groups excluding carboxylic acids is 1. The summed E-state index contributed by atoms with van der Waals surface area (Å²) in [7, 11) is 1.94. The zero-order valence-electron chi connectivity index (χ0n) is 20.3. The molecular weight excluding hydrogens is 430 g/mol. The number of aliphatic hydroxyl groups excluding tert-OH is 1. The third-order valence-corrected chi connectivity index (χ3v) is 12.0. The van der Waals surface area contributed by atoms with E-state index in [2.05, 4.69) is 45.0 Å². The lowest BCUT2D eigenvalue weighted by molar-refractivity contribution is 0.170. The molecule has 0 radical (unpaired) electrons. The van der Waals surface area contributed by atoms with Gasteiger partial charge < -0.3 is 19.5 Å². The lowest BCUT2D eigenvalue weighted by Crippen LogP contribution is -2.73. The van der Waals surface area contributed by atoms with Crippen molar-refractivity contribution < 1.29 is 19.4 Å². The van der Waals surface area contributed by atoms with Crippen LogP contribution in [0.1, 0.15) is 26.3 Å². The number of methoxy groups -OCH3 is 1. The van der Waals surface area contributed by atoms with Crippen molar-refractivity contribution in [2.75, 3.05) is 21.2 Å². The van der Waals surface area contributed by atoms with Crippen molar-refractivity contribution in [1.29, 1.82) is 0 Å². The van der Waals surface area contributed by atoms with Crippen molar-refractivity contribution in [3.05, 3.63) is 78.4 Å². The smallest absolute Gasteiger partial charge is 0.414 e. The fourth-order valence-corrected chi connectivity index (χ4v) is 10.6. The summed E-state index contributed by atoms with van der Waals surface area (Å²) in [5.41, 5.74) is 0.728. The highest BCUT2D eigenvalue weighted by molar-refractivity contribution is 7.14. The van der Waals surface area contributed by atoms with Crippen LogP contribution in [0.3, 0.4) is 0 Å². The van der Waals surface area contributed by atoms with E-state index in [-0.39, 0.29) is 11.6 Å². The topological polar surface area (TPSA) is 59.0 Å². The second-order valence-electron chi connectivity index (χ2n) is 9.28.